The first kappa shape index (κ1) is 23.2. The molecule has 31 heavy (non-hydrogen) atoms. The standard InChI is InChI=1S/C25H32O6/c1-4-24(5-2,13-26)16-30-22(27)20-11-18-9-7-8-10-19(18)12-21(20)23(28)31-17-25(6-3)14-29-15-25/h7-12,26H,4-6,13-17H2,1-3H3. The molecular formula is C25H32O6. The van der Waals surface area contributed by atoms with Crippen LogP contribution in [0.1, 0.15) is 60.7 Å². The van der Waals surface area contributed by atoms with Crippen molar-refractivity contribution in [2.75, 3.05) is 33.0 Å². The lowest BCUT2D eigenvalue weighted by Gasteiger charge is -2.39. The predicted octanol–water partition coefficient (Wildman–Crippen LogP) is 4.38. The third-order valence-electron chi connectivity index (χ3n) is 6.75. The van der Waals surface area contributed by atoms with E-state index in [0.29, 0.717) is 26.1 Å². The molecule has 0 saturated carbocycles. The third-order valence-corrected chi connectivity index (χ3v) is 6.75. The van der Waals surface area contributed by atoms with Crippen molar-refractivity contribution in [1.29, 1.82) is 0 Å². The first-order chi connectivity index (χ1) is 14.9. The quantitative estimate of drug-likeness (QED) is 0.566. The fraction of sp³-hybridized carbons (Fsp3) is 0.520. The fourth-order valence-electron chi connectivity index (χ4n) is 3.67. The summed E-state index contributed by atoms with van der Waals surface area (Å²) >= 11 is 0. The van der Waals surface area contributed by atoms with Crippen molar-refractivity contribution in [2.45, 2.75) is 40.0 Å². The Morgan fingerprint density at radius 2 is 1.55 bits per heavy atom. The largest absolute Gasteiger partial charge is 0.461 e. The molecule has 168 valence electrons. The van der Waals surface area contributed by atoms with Gasteiger partial charge in [-0.3, -0.25) is 0 Å². The Hall–Kier alpha value is -2.44. The molecular weight excluding hydrogens is 396 g/mol. The van der Waals surface area contributed by atoms with Crippen LogP contribution in [0.2, 0.25) is 0 Å². The summed E-state index contributed by atoms with van der Waals surface area (Å²) in [5.41, 5.74) is -0.253. The van der Waals surface area contributed by atoms with E-state index in [-0.39, 0.29) is 36.4 Å². The molecule has 1 N–H and O–H groups in total. The zero-order chi connectivity index (χ0) is 22.5. The first-order valence-corrected chi connectivity index (χ1v) is 11.0. The number of esters is 2. The van der Waals surface area contributed by atoms with Crippen LogP contribution in [0.3, 0.4) is 0 Å². The van der Waals surface area contributed by atoms with Gasteiger partial charge in [-0.05, 0) is 42.2 Å². The normalized spacial score (nSPS) is 15.4. The molecule has 0 aromatic heterocycles. The highest BCUT2D eigenvalue weighted by Gasteiger charge is 2.38. The van der Waals surface area contributed by atoms with Crippen LogP contribution in [-0.2, 0) is 14.2 Å². The molecule has 0 unspecified atom stereocenters. The number of benzene rings is 2. The van der Waals surface area contributed by atoms with E-state index < -0.39 is 17.4 Å². The number of ether oxygens (including phenoxy) is 3. The minimum absolute atomic E-state index is 0.0684. The zero-order valence-corrected chi connectivity index (χ0v) is 18.6. The molecule has 1 aliphatic rings. The second-order valence-electron chi connectivity index (χ2n) is 8.61. The van der Waals surface area contributed by atoms with E-state index in [0.717, 1.165) is 17.2 Å². The van der Waals surface area contributed by atoms with Crippen molar-refractivity contribution >= 4 is 22.7 Å². The van der Waals surface area contributed by atoms with Crippen LogP contribution in [0.5, 0.6) is 0 Å². The lowest BCUT2D eigenvalue weighted by molar-refractivity contribution is -0.140. The van der Waals surface area contributed by atoms with Gasteiger partial charge in [0.25, 0.3) is 0 Å². The molecule has 0 radical (unpaired) electrons. The highest BCUT2D eigenvalue weighted by atomic mass is 16.6. The van der Waals surface area contributed by atoms with Gasteiger partial charge in [0, 0.05) is 5.41 Å². The average Bonchev–Trinajstić information content (AvgIpc) is 2.78. The third kappa shape index (κ3) is 4.91. The second-order valence-corrected chi connectivity index (χ2v) is 8.61. The molecule has 0 atom stereocenters. The van der Waals surface area contributed by atoms with Crippen molar-refractivity contribution in [3.05, 3.63) is 47.5 Å². The number of aliphatic hydroxyl groups excluding tert-OH is 1. The molecule has 6 nitrogen and oxygen atoms in total. The molecule has 0 aliphatic carbocycles. The molecule has 1 saturated heterocycles. The van der Waals surface area contributed by atoms with E-state index >= 15 is 0 Å². The average molecular weight is 429 g/mol. The predicted molar refractivity (Wildman–Crippen MR) is 118 cm³/mol. The lowest BCUT2D eigenvalue weighted by atomic mass is 9.84. The Labute approximate surface area is 183 Å². The van der Waals surface area contributed by atoms with Crippen molar-refractivity contribution in [3.8, 4) is 0 Å². The second kappa shape index (κ2) is 9.79. The molecule has 2 aromatic carbocycles. The van der Waals surface area contributed by atoms with Crippen molar-refractivity contribution in [1.82, 2.24) is 0 Å². The molecule has 0 amide bonds. The molecule has 1 fully saturated rings. The number of carbonyl (C=O) groups is 2. The summed E-state index contributed by atoms with van der Waals surface area (Å²) in [5.74, 6) is -1.13. The highest BCUT2D eigenvalue weighted by molar-refractivity contribution is 6.07. The maximum Gasteiger partial charge on any atom is 0.339 e. The van der Waals surface area contributed by atoms with Crippen molar-refractivity contribution in [2.24, 2.45) is 10.8 Å². The summed E-state index contributed by atoms with van der Waals surface area (Å²) in [5, 5.41) is 11.4. The SMILES string of the molecule is CCC(CC)(CO)COC(=O)c1cc2ccccc2cc1C(=O)OCC1(CC)COC1. The summed E-state index contributed by atoms with van der Waals surface area (Å²) < 4.78 is 16.5. The molecule has 2 aromatic rings. The minimum Gasteiger partial charge on any atom is -0.461 e. The van der Waals surface area contributed by atoms with E-state index in [2.05, 4.69) is 0 Å². The number of fused-ring (bicyclic) bond motifs is 1. The van der Waals surface area contributed by atoms with Crippen LogP contribution in [0.25, 0.3) is 10.8 Å². The highest BCUT2D eigenvalue weighted by Crippen LogP contribution is 2.32. The maximum atomic E-state index is 13.0. The van der Waals surface area contributed by atoms with Gasteiger partial charge < -0.3 is 19.3 Å². The van der Waals surface area contributed by atoms with E-state index in [9.17, 15) is 14.7 Å². The number of hydrogen-bond donors (Lipinski definition) is 1. The fourth-order valence-corrected chi connectivity index (χ4v) is 3.67. The molecule has 0 bridgehead atoms. The van der Waals surface area contributed by atoms with Crippen LogP contribution in [0.15, 0.2) is 36.4 Å². The molecule has 1 aliphatic heterocycles. The van der Waals surface area contributed by atoms with Gasteiger partial charge in [0.15, 0.2) is 0 Å². The summed E-state index contributed by atoms with van der Waals surface area (Å²) in [7, 11) is 0. The number of hydrogen-bond acceptors (Lipinski definition) is 6. The molecule has 6 heteroatoms. The van der Waals surface area contributed by atoms with Gasteiger partial charge in [-0.15, -0.1) is 0 Å². The van der Waals surface area contributed by atoms with Crippen molar-refractivity contribution < 1.29 is 28.9 Å². The van der Waals surface area contributed by atoms with Crippen LogP contribution in [0, 0.1) is 10.8 Å². The van der Waals surface area contributed by atoms with E-state index in [1.54, 1.807) is 12.1 Å². The molecule has 1 heterocycles. The first-order valence-electron chi connectivity index (χ1n) is 11.0. The van der Waals surface area contributed by atoms with Crippen LogP contribution in [0.4, 0.5) is 0 Å². The van der Waals surface area contributed by atoms with E-state index in [4.69, 9.17) is 14.2 Å². The Balaban J connectivity index is 1.86. The smallest absolute Gasteiger partial charge is 0.339 e. The summed E-state index contributed by atoms with van der Waals surface area (Å²) in [6.07, 6.45) is 2.21. The Kier molecular flexibility index (Phi) is 7.34. The minimum atomic E-state index is -0.588. The summed E-state index contributed by atoms with van der Waals surface area (Å²) in [6.45, 7) is 7.38. The van der Waals surface area contributed by atoms with Gasteiger partial charge in [-0.1, -0.05) is 45.0 Å². The summed E-state index contributed by atoms with van der Waals surface area (Å²) in [4.78, 5) is 26.0. The van der Waals surface area contributed by atoms with Gasteiger partial charge >= 0.3 is 11.9 Å². The van der Waals surface area contributed by atoms with Gasteiger partial charge in [0.2, 0.25) is 0 Å². The number of aliphatic hydroxyl groups is 1. The van der Waals surface area contributed by atoms with Gasteiger partial charge in [0.1, 0.15) is 6.61 Å². The Bertz CT molecular complexity index is 913. The van der Waals surface area contributed by atoms with E-state index in [1.165, 1.54) is 0 Å². The van der Waals surface area contributed by atoms with Crippen LogP contribution >= 0.6 is 0 Å². The Morgan fingerprint density at radius 1 is 1.00 bits per heavy atom. The van der Waals surface area contributed by atoms with Gasteiger partial charge in [-0.2, -0.15) is 0 Å². The maximum absolute atomic E-state index is 13.0. The summed E-state index contributed by atoms with van der Waals surface area (Å²) in [6, 6.07) is 10.9. The lowest BCUT2D eigenvalue weighted by Crippen LogP contribution is -2.46. The number of rotatable bonds is 10. The topological polar surface area (TPSA) is 82.1 Å². The molecule has 0 spiro atoms. The van der Waals surface area contributed by atoms with Gasteiger partial charge in [0.05, 0.1) is 43.0 Å². The Morgan fingerprint density at radius 3 is 1.97 bits per heavy atom. The molecule has 3 rings (SSSR count). The van der Waals surface area contributed by atoms with Crippen LogP contribution < -0.4 is 0 Å². The van der Waals surface area contributed by atoms with Crippen LogP contribution in [-0.4, -0.2) is 50.1 Å². The van der Waals surface area contributed by atoms with E-state index in [1.807, 2.05) is 45.0 Å². The van der Waals surface area contributed by atoms with Gasteiger partial charge in [-0.25, -0.2) is 9.59 Å². The monoisotopic (exact) mass is 428 g/mol. The van der Waals surface area contributed by atoms with Crippen molar-refractivity contribution in [3.63, 3.8) is 0 Å². The number of carbonyl (C=O) groups excluding carboxylic acids is 2. The zero-order valence-electron chi connectivity index (χ0n) is 18.6.